The Balaban J connectivity index is 1.35. The van der Waals surface area contributed by atoms with Gasteiger partial charge in [0.05, 0.1) is 18.8 Å². The fourth-order valence-electron chi connectivity index (χ4n) is 3.35. The van der Waals surface area contributed by atoms with Crippen LogP contribution >= 0.6 is 0 Å². The fraction of sp³-hybridized carbons (Fsp3) is 0.421. The molecule has 4 rings (SSSR count). The van der Waals surface area contributed by atoms with Crippen LogP contribution in [0.2, 0.25) is 0 Å². The smallest absolute Gasteiger partial charge is 0.252 e. The van der Waals surface area contributed by atoms with Gasteiger partial charge in [-0.2, -0.15) is 5.10 Å². The van der Waals surface area contributed by atoms with Crippen LogP contribution in [0.1, 0.15) is 23.2 Å². The van der Waals surface area contributed by atoms with E-state index in [1.54, 1.807) is 0 Å². The van der Waals surface area contributed by atoms with Crippen molar-refractivity contribution in [2.75, 3.05) is 13.1 Å². The summed E-state index contributed by atoms with van der Waals surface area (Å²) in [7, 11) is 0. The number of rotatable bonds is 3. The zero-order chi connectivity index (χ0) is 17.2. The second-order valence-electron chi connectivity index (χ2n) is 6.60. The Morgan fingerprint density at radius 1 is 1.20 bits per heavy atom. The molecule has 130 valence electrons. The number of amides is 1. The van der Waals surface area contributed by atoms with Crippen molar-refractivity contribution >= 4 is 5.91 Å². The lowest BCUT2D eigenvalue weighted by Gasteiger charge is -2.28. The Morgan fingerprint density at radius 2 is 2.04 bits per heavy atom. The number of aryl methyl sites for hydroxylation is 1. The second-order valence-corrected chi connectivity index (χ2v) is 6.60. The molecule has 0 unspecified atom stereocenters. The molecule has 2 atom stereocenters. The Kier molecular flexibility index (Phi) is 4.36. The van der Waals surface area contributed by atoms with Gasteiger partial charge in [0.25, 0.3) is 5.91 Å². The standard InChI is InChI=1S/C19H21N3O3/c1-13-6-7-18(21-20-13)25-16-8-9-22(11-16)19(23)17-10-14-4-2-3-5-15(14)12-24-17/h2-7,16-17H,8-12H2,1H3/t16-,17-/m0/s1. The maximum atomic E-state index is 12.8. The minimum atomic E-state index is -0.396. The number of likely N-dealkylation sites (tertiary alicyclic amines) is 1. The molecule has 0 N–H and O–H groups in total. The van der Waals surface area contributed by atoms with E-state index in [0.29, 0.717) is 32.0 Å². The first kappa shape index (κ1) is 16.0. The third-order valence-electron chi connectivity index (χ3n) is 4.76. The summed E-state index contributed by atoms with van der Waals surface area (Å²) in [4.78, 5) is 14.6. The van der Waals surface area contributed by atoms with Crippen LogP contribution in [0.4, 0.5) is 0 Å². The molecular formula is C19H21N3O3. The van der Waals surface area contributed by atoms with Crippen molar-refractivity contribution in [1.29, 1.82) is 0 Å². The molecule has 2 aliphatic rings. The van der Waals surface area contributed by atoms with Crippen LogP contribution in [0.15, 0.2) is 36.4 Å². The van der Waals surface area contributed by atoms with Crippen LogP contribution in [0.25, 0.3) is 0 Å². The minimum Gasteiger partial charge on any atom is -0.471 e. The predicted molar refractivity (Wildman–Crippen MR) is 91.1 cm³/mol. The lowest BCUT2D eigenvalue weighted by molar-refractivity contribution is -0.144. The number of carbonyl (C=O) groups is 1. The van der Waals surface area contributed by atoms with E-state index >= 15 is 0 Å². The molecule has 1 saturated heterocycles. The molecule has 2 aromatic rings. The van der Waals surface area contributed by atoms with Gasteiger partial charge in [0.1, 0.15) is 12.2 Å². The fourth-order valence-corrected chi connectivity index (χ4v) is 3.35. The molecule has 25 heavy (non-hydrogen) atoms. The lowest BCUT2D eigenvalue weighted by atomic mass is 9.98. The van der Waals surface area contributed by atoms with Gasteiger partial charge in [-0.25, -0.2) is 0 Å². The van der Waals surface area contributed by atoms with E-state index in [2.05, 4.69) is 22.3 Å². The number of hydrogen-bond donors (Lipinski definition) is 0. The van der Waals surface area contributed by atoms with E-state index in [1.165, 1.54) is 11.1 Å². The first-order valence-electron chi connectivity index (χ1n) is 8.63. The molecule has 1 aromatic heterocycles. The summed E-state index contributed by atoms with van der Waals surface area (Å²) in [5.41, 5.74) is 3.23. The largest absolute Gasteiger partial charge is 0.471 e. The number of ether oxygens (including phenoxy) is 2. The molecular weight excluding hydrogens is 318 g/mol. The summed E-state index contributed by atoms with van der Waals surface area (Å²) in [5, 5.41) is 8.02. The van der Waals surface area contributed by atoms with Gasteiger partial charge in [0, 0.05) is 25.5 Å². The van der Waals surface area contributed by atoms with Gasteiger partial charge in [-0.15, -0.1) is 5.10 Å². The third-order valence-corrected chi connectivity index (χ3v) is 4.76. The number of nitrogens with zero attached hydrogens (tertiary/aromatic N) is 3. The summed E-state index contributed by atoms with van der Waals surface area (Å²) in [6, 6.07) is 11.8. The van der Waals surface area contributed by atoms with Crippen LogP contribution in [-0.4, -0.2) is 46.3 Å². The highest BCUT2D eigenvalue weighted by atomic mass is 16.5. The molecule has 2 aliphatic heterocycles. The summed E-state index contributed by atoms with van der Waals surface area (Å²) < 4.78 is 11.6. The summed E-state index contributed by atoms with van der Waals surface area (Å²) in [6.45, 7) is 3.63. The molecule has 6 nitrogen and oxygen atoms in total. The van der Waals surface area contributed by atoms with Crippen LogP contribution in [0.5, 0.6) is 5.88 Å². The average molecular weight is 339 g/mol. The predicted octanol–water partition coefficient (Wildman–Crippen LogP) is 1.91. The van der Waals surface area contributed by atoms with E-state index < -0.39 is 6.10 Å². The molecule has 6 heteroatoms. The highest BCUT2D eigenvalue weighted by Gasteiger charge is 2.34. The molecule has 3 heterocycles. The highest BCUT2D eigenvalue weighted by Crippen LogP contribution is 2.23. The molecule has 1 amide bonds. The lowest BCUT2D eigenvalue weighted by Crippen LogP contribution is -2.42. The third kappa shape index (κ3) is 3.49. The zero-order valence-corrected chi connectivity index (χ0v) is 14.2. The average Bonchev–Trinajstić information content (AvgIpc) is 3.11. The van der Waals surface area contributed by atoms with Crippen molar-refractivity contribution in [2.24, 2.45) is 0 Å². The molecule has 1 aromatic carbocycles. The van der Waals surface area contributed by atoms with Crippen LogP contribution in [-0.2, 0) is 22.6 Å². The molecule has 0 radical (unpaired) electrons. The maximum absolute atomic E-state index is 12.8. The van der Waals surface area contributed by atoms with Crippen molar-refractivity contribution in [2.45, 2.75) is 38.6 Å². The van der Waals surface area contributed by atoms with Crippen molar-refractivity contribution in [1.82, 2.24) is 15.1 Å². The van der Waals surface area contributed by atoms with Crippen molar-refractivity contribution in [3.8, 4) is 5.88 Å². The normalized spacial score (nSPS) is 22.5. The first-order valence-corrected chi connectivity index (χ1v) is 8.63. The van der Waals surface area contributed by atoms with E-state index in [4.69, 9.17) is 9.47 Å². The Hall–Kier alpha value is -2.47. The monoisotopic (exact) mass is 339 g/mol. The topological polar surface area (TPSA) is 64.5 Å². The number of hydrogen-bond acceptors (Lipinski definition) is 5. The number of aromatic nitrogens is 2. The Bertz CT molecular complexity index is 763. The van der Waals surface area contributed by atoms with Crippen molar-refractivity contribution in [3.63, 3.8) is 0 Å². The second kappa shape index (κ2) is 6.80. The van der Waals surface area contributed by atoms with Gasteiger partial charge in [-0.05, 0) is 24.1 Å². The molecule has 0 saturated carbocycles. The van der Waals surface area contributed by atoms with E-state index in [9.17, 15) is 4.79 Å². The van der Waals surface area contributed by atoms with Crippen molar-refractivity contribution < 1.29 is 14.3 Å². The van der Waals surface area contributed by atoms with Gasteiger partial charge in [0.15, 0.2) is 0 Å². The zero-order valence-electron chi connectivity index (χ0n) is 14.2. The molecule has 1 fully saturated rings. The Labute approximate surface area is 146 Å². The maximum Gasteiger partial charge on any atom is 0.252 e. The first-order chi connectivity index (χ1) is 12.2. The summed E-state index contributed by atoms with van der Waals surface area (Å²) in [5.74, 6) is 0.559. The highest BCUT2D eigenvalue weighted by molar-refractivity contribution is 5.82. The van der Waals surface area contributed by atoms with Crippen LogP contribution in [0.3, 0.4) is 0 Å². The van der Waals surface area contributed by atoms with Gasteiger partial charge in [0.2, 0.25) is 5.88 Å². The molecule has 0 aliphatic carbocycles. The van der Waals surface area contributed by atoms with E-state index in [-0.39, 0.29) is 12.0 Å². The van der Waals surface area contributed by atoms with Gasteiger partial charge in [-0.3, -0.25) is 4.79 Å². The number of fused-ring (bicyclic) bond motifs is 1. The van der Waals surface area contributed by atoms with Crippen molar-refractivity contribution in [3.05, 3.63) is 53.2 Å². The number of carbonyl (C=O) groups excluding carboxylic acids is 1. The van der Waals surface area contributed by atoms with Gasteiger partial charge in [-0.1, -0.05) is 24.3 Å². The van der Waals surface area contributed by atoms with Crippen LogP contribution in [0, 0.1) is 6.92 Å². The number of benzene rings is 1. The van der Waals surface area contributed by atoms with Gasteiger partial charge < -0.3 is 14.4 Å². The Morgan fingerprint density at radius 3 is 2.84 bits per heavy atom. The quantitative estimate of drug-likeness (QED) is 0.855. The molecule has 0 spiro atoms. The van der Waals surface area contributed by atoms with Crippen LogP contribution < -0.4 is 4.74 Å². The summed E-state index contributed by atoms with van der Waals surface area (Å²) in [6.07, 6.45) is 0.995. The minimum absolute atomic E-state index is 0.0446. The van der Waals surface area contributed by atoms with Gasteiger partial charge >= 0.3 is 0 Å². The molecule has 0 bridgehead atoms. The SMILES string of the molecule is Cc1ccc(O[C@H]2CCN(C(=O)[C@@H]3Cc4ccccc4CO3)C2)nn1. The summed E-state index contributed by atoms with van der Waals surface area (Å²) >= 11 is 0. The van der Waals surface area contributed by atoms with E-state index in [1.807, 2.05) is 36.1 Å². The van der Waals surface area contributed by atoms with E-state index in [0.717, 1.165) is 12.1 Å².